The van der Waals surface area contributed by atoms with Crippen molar-refractivity contribution in [2.75, 3.05) is 6.61 Å². The Balaban J connectivity index is 2.10. The molecule has 0 radical (unpaired) electrons. The summed E-state index contributed by atoms with van der Waals surface area (Å²) in [4.78, 5) is 23.9. The van der Waals surface area contributed by atoms with Crippen LogP contribution in [-0.4, -0.2) is 39.8 Å². The van der Waals surface area contributed by atoms with E-state index in [0.717, 1.165) is 4.68 Å². The lowest BCUT2D eigenvalue weighted by molar-refractivity contribution is -0.156. The summed E-state index contributed by atoms with van der Waals surface area (Å²) in [7, 11) is 0. The van der Waals surface area contributed by atoms with Crippen LogP contribution >= 0.6 is 0 Å². The number of ether oxygens (including phenoxy) is 2. The van der Waals surface area contributed by atoms with E-state index in [9.17, 15) is 22.8 Å². The average molecular weight is 413 g/mol. The van der Waals surface area contributed by atoms with Crippen LogP contribution in [0.1, 0.15) is 32.9 Å². The van der Waals surface area contributed by atoms with Gasteiger partial charge < -0.3 is 15.2 Å². The van der Waals surface area contributed by atoms with E-state index in [1.54, 1.807) is 39.0 Å². The Kier molecular flexibility index (Phi) is 6.68. The number of halogens is 3. The van der Waals surface area contributed by atoms with Gasteiger partial charge in [0.05, 0.1) is 18.2 Å². The number of carbonyl (C=O) groups is 2. The first kappa shape index (κ1) is 22.4. The summed E-state index contributed by atoms with van der Waals surface area (Å²) >= 11 is 0. The van der Waals surface area contributed by atoms with Gasteiger partial charge in [-0.15, -0.1) is 0 Å². The number of nitrogens with two attached hydrogens (primary N) is 1. The molecule has 1 heterocycles. The first-order chi connectivity index (χ1) is 13.4. The van der Waals surface area contributed by atoms with Gasteiger partial charge in [-0.2, -0.15) is 18.3 Å². The second-order valence-electron chi connectivity index (χ2n) is 7.26. The van der Waals surface area contributed by atoms with Crippen molar-refractivity contribution < 1.29 is 32.2 Å². The molecule has 7 nitrogen and oxygen atoms in total. The van der Waals surface area contributed by atoms with Gasteiger partial charge in [0.2, 0.25) is 5.88 Å². The van der Waals surface area contributed by atoms with Crippen molar-refractivity contribution in [2.45, 2.75) is 45.0 Å². The molecule has 10 heteroatoms. The van der Waals surface area contributed by atoms with Gasteiger partial charge >= 0.3 is 12.1 Å². The van der Waals surface area contributed by atoms with Crippen molar-refractivity contribution >= 4 is 11.8 Å². The van der Waals surface area contributed by atoms with Crippen molar-refractivity contribution in [3.63, 3.8) is 0 Å². The average Bonchev–Trinajstić information content (AvgIpc) is 3.03. The Morgan fingerprint density at radius 3 is 2.34 bits per heavy atom. The second-order valence-corrected chi connectivity index (χ2v) is 7.26. The lowest BCUT2D eigenvalue weighted by Crippen LogP contribution is -2.38. The molecule has 29 heavy (non-hydrogen) atoms. The number of ketones is 1. The van der Waals surface area contributed by atoms with Crippen molar-refractivity contribution in [1.82, 2.24) is 9.78 Å². The van der Waals surface area contributed by atoms with Gasteiger partial charge in [0, 0.05) is 6.07 Å². The standard InChI is InChI=1S/C19H22F3N3O4/c1-18(2,3)29-17(27)9-13(23)14(26)11-28-16-10-15(19(20,21)22)24-25(16)12-7-5-4-6-8-12/h4-8,10,13H,9,11,23H2,1-3H3/t13-/m0/s1. The maximum Gasteiger partial charge on any atom is 0.435 e. The molecule has 2 rings (SSSR count). The van der Waals surface area contributed by atoms with E-state index in [-0.39, 0.29) is 12.3 Å². The maximum atomic E-state index is 13.0. The number of alkyl halides is 3. The molecule has 2 aromatic rings. The molecule has 0 amide bonds. The summed E-state index contributed by atoms with van der Waals surface area (Å²) in [5.74, 6) is -1.60. The molecule has 0 unspecified atom stereocenters. The van der Waals surface area contributed by atoms with Gasteiger partial charge in [-0.1, -0.05) is 18.2 Å². The number of benzene rings is 1. The van der Waals surface area contributed by atoms with Gasteiger partial charge in [-0.05, 0) is 32.9 Å². The SMILES string of the molecule is CC(C)(C)OC(=O)C[C@H](N)C(=O)COc1cc(C(F)(F)F)nn1-c1ccccc1. The molecule has 158 valence electrons. The van der Waals surface area contributed by atoms with Crippen molar-refractivity contribution in [3.05, 3.63) is 42.1 Å². The molecular formula is C19H22F3N3O4. The predicted molar refractivity (Wildman–Crippen MR) is 97.5 cm³/mol. The highest BCUT2D eigenvalue weighted by molar-refractivity contribution is 5.89. The number of hydrogen-bond donors (Lipinski definition) is 1. The number of Topliss-reactive ketones (excluding diaryl/α,β-unsaturated/α-hetero) is 1. The van der Waals surface area contributed by atoms with E-state index in [4.69, 9.17) is 15.2 Å². The van der Waals surface area contributed by atoms with Crippen LogP contribution in [0.5, 0.6) is 5.88 Å². The minimum atomic E-state index is -4.69. The number of hydrogen-bond acceptors (Lipinski definition) is 6. The fraction of sp³-hybridized carbons (Fsp3) is 0.421. The quantitative estimate of drug-likeness (QED) is 0.701. The van der Waals surface area contributed by atoms with E-state index < -0.39 is 41.9 Å². The fourth-order valence-corrected chi connectivity index (χ4v) is 2.29. The van der Waals surface area contributed by atoms with E-state index >= 15 is 0 Å². The Labute approximate surface area is 165 Å². The molecule has 0 aliphatic carbocycles. The molecule has 0 bridgehead atoms. The lowest BCUT2D eigenvalue weighted by Gasteiger charge is -2.20. The third-order valence-electron chi connectivity index (χ3n) is 3.55. The highest BCUT2D eigenvalue weighted by atomic mass is 19.4. The largest absolute Gasteiger partial charge is 0.469 e. The number of aromatic nitrogens is 2. The maximum absolute atomic E-state index is 13.0. The molecule has 0 saturated heterocycles. The van der Waals surface area contributed by atoms with Crippen LogP contribution in [0.15, 0.2) is 36.4 Å². The van der Waals surface area contributed by atoms with E-state index in [0.29, 0.717) is 11.8 Å². The number of carbonyl (C=O) groups excluding carboxylic acids is 2. The third-order valence-corrected chi connectivity index (χ3v) is 3.55. The van der Waals surface area contributed by atoms with Gasteiger partial charge in [0.1, 0.15) is 12.2 Å². The summed E-state index contributed by atoms with van der Waals surface area (Å²) in [5, 5.41) is 3.51. The Hall–Kier alpha value is -2.88. The molecule has 0 aliphatic heterocycles. The van der Waals surface area contributed by atoms with Crippen LogP contribution in [0, 0.1) is 0 Å². The normalized spacial score (nSPS) is 13.1. The first-order valence-electron chi connectivity index (χ1n) is 8.72. The number of rotatable bonds is 7. The molecule has 0 saturated carbocycles. The highest BCUT2D eigenvalue weighted by Gasteiger charge is 2.35. The molecule has 0 aliphatic rings. The molecule has 1 aromatic carbocycles. The zero-order valence-corrected chi connectivity index (χ0v) is 16.2. The smallest absolute Gasteiger partial charge is 0.435 e. The monoisotopic (exact) mass is 413 g/mol. The van der Waals surface area contributed by atoms with Crippen LogP contribution in [0.25, 0.3) is 5.69 Å². The van der Waals surface area contributed by atoms with Gasteiger partial charge in [0.25, 0.3) is 0 Å². The number of nitrogens with zero attached hydrogens (tertiary/aromatic N) is 2. The Morgan fingerprint density at radius 1 is 1.17 bits per heavy atom. The second kappa shape index (κ2) is 8.64. The summed E-state index contributed by atoms with van der Waals surface area (Å²) in [6.45, 7) is 4.39. The van der Waals surface area contributed by atoms with Gasteiger partial charge in [0.15, 0.2) is 11.5 Å². The zero-order chi connectivity index (χ0) is 21.8. The van der Waals surface area contributed by atoms with Crippen molar-refractivity contribution in [1.29, 1.82) is 0 Å². The number of esters is 1. The molecule has 0 fully saturated rings. The predicted octanol–water partition coefficient (Wildman–Crippen LogP) is 2.90. The molecular weight excluding hydrogens is 391 g/mol. The Bertz CT molecular complexity index is 858. The van der Waals surface area contributed by atoms with Crippen LogP contribution in [0.3, 0.4) is 0 Å². The van der Waals surface area contributed by atoms with Crippen LogP contribution in [0.4, 0.5) is 13.2 Å². The Morgan fingerprint density at radius 2 is 1.79 bits per heavy atom. The summed E-state index contributed by atoms with van der Waals surface area (Å²) in [5.41, 5.74) is 4.12. The molecule has 0 spiro atoms. The topological polar surface area (TPSA) is 96.4 Å². The number of para-hydroxylation sites is 1. The van der Waals surface area contributed by atoms with E-state index in [1.807, 2.05) is 0 Å². The molecule has 1 atom stereocenters. The minimum absolute atomic E-state index is 0.277. The summed E-state index contributed by atoms with van der Waals surface area (Å²) in [6.07, 6.45) is -5.06. The highest BCUT2D eigenvalue weighted by Crippen LogP contribution is 2.32. The summed E-state index contributed by atoms with van der Waals surface area (Å²) < 4.78 is 50.4. The van der Waals surface area contributed by atoms with Crippen molar-refractivity contribution in [3.8, 4) is 11.6 Å². The summed E-state index contributed by atoms with van der Waals surface area (Å²) in [6, 6.07) is 7.50. The first-order valence-corrected chi connectivity index (χ1v) is 8.72. The fourth-order valence-electron chi connectivity index (χ4n) is 2.29. The van der Waals surface area contributed by atoms with Crippen LogP contribution in [-0.2, 0) is 20.5 Å². The third kappa shape index (κ3) is 6.60. The molecule has 2 N–H and O–H groups in total. The van der Waals surface area contributed by atoms with Gasteiger partial charge in [-0.3, -0.25) is 9.59 Å². The lowest BCUT2D eigenvalue weighted by atomic mass is 10.1. The minimum Gasteiger partial charge on any atom is -0.469 e. The van der Waals surface area contributed by atoms with Crippen LogP contribution < -0.4 is 10.5 Å². The van der Waals surface area contributed by atoms with Crippen molar-refractivity contribution in [2.24, 2.45) is 5.73 Å². The van der Waals surface area contributed by atoms with E-state index in [2.05, 4.69) is 5.10 Å². The van der Waals surface area contributed by atoms with E-state index in [1.165, 1.54) is 12.1 Å². The molecule has 1 aromatic heterocycles. The van der Waals surface area contributed by atoms with Crippen LogP contribution in [0.2, 0.25) is 0 Å². The van der Waals surface area contributed by atoms with Gasteiger partial charge in [-0.25, -0.2) is 4.68 Å². The zero-order valence-electron chi connectivity index (χ0n) is 16.2.